The van der Waals surface area contributed by atoms with Gasteiger partial charge in [-0.3, -0.25) is 0 Å². The lowest BCUT2D eigenvalue weighted by Gasteiger charge is -2.12. The van der Waals surface area contributed by atoms with E-state index in [1.54, 1.807) is 6.07 Å². The van der Waals surface area contributed by atoms with Crippen LogP contribution in [0.4, 0.5) is 0 Å². The Morgan fingerprint density at radius 2 is 1.63 bits per heavy atom. The summed E-state index contributed by atoms with van der Waals surface area (Å²) in [5.41, 5.74) is 2.69. The number of benzene rings is 3. The van der Waals surface area contributed by atoms with E-state index in [4.69, 9.17) is 0 Å². The summed E-state index contributed by atoms with van der Waals surface area (Å²) in [6.07, 6.45) is 0. The molecule has 2 heteroatoms. The van der Waals surface area contributed by atoms with Crippen molar-refractivity contribution in [1.82, 2.24) is 0 Å². The predicted molar refractivity (Wildman–Crippen MR) is 77.5 cm³/mol. The average Bonchev–Trinajstić information content (AvgIpc) is 2.42. The van der Waals surface area contributed by atoms with Crippen molar-refractivity contribution < 1.29 is 10.2 Å². The Labute approximate surface area is 111 Å². The van der Waals surface area contributed by atoms with Gasteiger partial charge in [-0.05, 0) is 47.0 Å². The Kier molecular flexibility index (Phi) is 2.64. The summed E-state index contributed by atoms with van der Waals surface area (Å²) in [6, 6.07) is 16.7. The molecule has 0 fully saturated rings. The lowest BCUT2D eigenvalue weighted by atomic mass is 9.93. The van der Waals surface area contributed by atoms with Gasteiger partial charge in [0, 0.05) is 5.56 Å². The van der Waals surface area contributed by atoms with E-state index >= 15 is 0 Å². The molecule has 3 rings (SSSR count). The minimum Gasteiger partial charge on any atom is -0.508 e. The van der Waals surface area contributed by atoms with E-state index in [0.717, 1.165) is 21.9 Å². The Balaban J connectivity index is 2.41. The summed E-state index contributed by atoms with van der Waals surface area (Å²) in [5, 5.41) is 21.9. The molecule has 0 aliphatic carbocycles. The van der Waals surface area contributed by atoms with E-state index in [9.17, 15) is 10.2 Å². The molecule has 0 saturated carbocycles. The number of aromatic hydroxyl groups is 2. The molecule has 0 aromatic heterocycles. The average molecular weight is 250 g/mol. The van der Waals surface area contributed by atoms with Crippen LogP contribution in [0.1, 0.15) is 5.56 Å². The summed E-state index contributed by atoms with van der Waals surface area (Å²) in [6.45, 7) is 2.01. The van der Waals surface area contributed by atoms with Gasteiger partial charge in [0.1, 0.15) is 11.5 Å². The second-order valence-electron chi connectivity index (χ2n) is 4.68. The molecule has 94 valence electrons. The Hall–Kier alpha value is -2.48. The lowest BCUT2D eigenvalue weighted by molar-refractivity contribution is 0.462. The van der Waals surface area contributed by atoms with Crippen LogP contribution in [0.15, 0.2) is 54.6 Å². The van der Waals surface area contributed by atoms with E-state index < -0.39 is 0 Å². The van der Waals surface area contributed by atoms with Crippen LogP contribution in [-0.4, -0.2) is 10.2 Å². The van der Waals surface area contributed by atoms with Gasteiger partial charge >= 0.3 is 0 Å². The standard InChI is InChI=1S/C17H14O2/c1-11-6-7-12-4-2-3-5-14(12)17(11)15-10-13(18)8-9-16(15)19/h2-10,18-19H,1H3. The third kappa shape index (κ3) is 1.91. The van der Waals surface area contributed by atoms with Gasteiger partial charge in [0.2, 0.25) is 0 Å². The number of rotatable bonds is 1. The fourth-order valence-corrected chi connectivity index (χ4v) is 2.46. The molecule has 0 aliphatic rings. The molecule has 0 saturated heterocycles. The lowest BCUT2D eigenvalue weighted by Crippen LogP contribution is -1.87. The molecule has 0 atom stereocenters. The van der Waals surface area contributed by atoms with Crippen molar-refractivity contribution in [3.05, 3.63) is 60.2 Å². The number of hydrogen-bond acceptors (Lipinski definition) is 2. The Bertz CT molecular complexity index is 760. The van der Waals surface area contributed by atoms with Crippen LogP contribution in [0, 0.1) is 6.92 Å². The highest BCUT2D eigenvalue weighted by Crippen LogP contribution is 2.38. The van der Waals surface area contributed by atoms with Crippen LogP contribution in [0.3, 0.4) is 0 Å². The van der Waals surface area contributed by atoms with Crippen LogP contribution >= 0.6 is 0 Å². The smallest absolute Gasteiger partial charge is 0.123 e. The molecule has 0 spiro atoms. The Morgan fingerprint density at radius 1 is 0.842 bits per heavy atom. The maximum atomic E-state index is 10.1. The minimum absolute atomic E-state index is 0.153. The molecule has 0 amide bonds. The van der Waals surface area contributed by atoms with Crippen molar-refractivity contribution in [2.24, 2.45) is 0 Å². The van der Waals surface area contributed by atoms with E-state index in [1.807, 2.05) is 37.3 Å². The van der Waals surface area contributed by atoms with Crippen LogP contribution in [0.2, 0.25) is 0 Å². The number of aryl methyl sites for hydroxylation is 1. The molecule has 3 aromatic rings. The topological polar surface area (TPSA) is 40.5 Å². The second kappa shape index (κ2) is 4.32. The monoisotopic (exact) mass is 250 g/mol. The molecule has 2 nitrogen and oxygen atoms in total. The van der Waals surface area contributed by atoms with Gasteiger partial charge in [-0.2, -0.15) is 0 Å². The van der Waals surface area contributed by atoms with E-state index in [1.165, 1.54) is 12.1 Å². The first-order valence-corrected chi connectivity index (χ1v) is 6.17. The molecular weight excluding hydrogens is 236 g/mol. The maximum absolute atomic E-state index is 10.1. The zero-order valence-corrected chi connectivity index (χ0v) is 10.6. The third-order valence-electron chi connectivity index (χ3n) is 3.39. The first-order valence-electron chi connectivity index (χ1n) is 6.17. The molecule has 0 heterocycles. The fraction of sp³-hybridized carbons (Fsp3) is 0.0588. The minimum atomic E-state index is 0.153. The van der Waals surface area contributed by atoms with E-state index in [0.29, 0.717) is 5.56 Å². The zero-order chi connectivity index (χ0) is 13.4. The van der Waals surface area contributed by atoms with Gasteiger partial charge in [-0.1, -0.05) is 36.4 Å². The molecule has 0 bridgehead atoms. The normalized spacial score (nSPS) is 10.8. The van der Waals surface area contributed by atoms with Gasteiger partial charge in [0.05, 0.1) is 0 Å². The third-order valence-corrected chi connectivity index (χ3v) is 3.39. The summed E-state index contributed by atoms with van der Waals surface area (Å²) < 4.78 is 0. The highest BCUT2D eigenvalue weighted by molar-refractivity contribution is 5.99. The predicted octanol–water partition coefficient (Wildman–Crippen LogP) is 4.23. The molecule has 3 aromatic carbocycles. The van der Waals surface area contributed by atoms with E-state index in [2.05, 4.69) is 6.07 Å². The molecule has 2 N–H and O–H groups in total. The van der Waals surface area contributed by atoms with E-state index in [-0.39, 0.29) is 11.5 Å². The number of hydrogen-bond donors (Lipinski definition) is 2. The van der Waals surface area contributed by atoms with Gasteiger partial charge in [0.25, 0.3) is 0 Å². The number of phenolic OH excluding ortho intramolecular Hbond substituents is 2. The van der Waals surface area contributed by atoms with Crippen LogP contribution in [0.5, 0.6) is 11.5 Å². The van der Waals surface area contributed by atoms with Crippen molar-refractivity contribution in [2.45, 2.75) is 6.92 Å². The van der Waals surface area contributed by atoms with Crippen LogP contribution in [0.25, 0.3) is 21.9 Å². The second-order valence-corrected chi connectivity index (χ2v) is 4.68. The first-order chi connectivity index (χ1) is 9.16. The summed E-state index contributed by atoms with van der Waals surface area (Å²) in [7, 11) is 0. The fourth-order valence-electron chi connectivity index (χ4n) is 2.46. The molecule has 0 aliphatic heterocycles. The van der Waals surface area contributed by atoms with Crippen molar-refractivity contribution in [2.75, 3.05) is 0 Å². The van der Waals surface area contributed by atoms with Crippen LogP contribution < -0.4 is 0 Å². The quantitative estimate of drug-likeness (QED) is 0.634. The van der Waals surface area contributed by atoms with Crippen molar-refractivity contribution >= 4 is 10.8 Å². The van der Waals surface area contributed by atoms with Crippen molar-refractivity contribution in [1.29, 1.82) is 0 Å². The molecule has 0 radical (unpaired) electrons. The largest absolute Gasteiger partial charge is 0.508 e. The SMILES string of the molecule is Cc1ccc2ccccc2c1-c1cc(O)ccc1O. The highest BCUT2D eigenvalue weighted by Gasteiger charge is 2.11. The molecule has 0 unspecified atom stereocenters. The van der Waals surface area contributed by atoms with Crippen molar-refractivity contribution in [3.8, 4) is 22.6 Å². The van der Waals surface area contributed by atoms with Gasteiger partial charge < -0.3 is 10.2 Å². The Morgan fingerprint density at radius 3 is 2.47 bits per heavy atom. The van der Waals surface area contributed by atoms with Gasteiger partial charge in [-0.15, -0.1) is 0 Å². The first kappa shape index (κ1) is 11.6. The van der Waals surface area contributed by atoms with Crippen LogP contribution in [-0.2, 0) is 0 Å². The van der Waals surface area contributed by atoms with Gasteiger partial charge in [0.15, 0.2) is 0 Å². The number of fused-ring (bicyclic) bond motifs is 1. The summed E-state index contributed by atoms with van der Waals surface area (Å²) in [4.78, 5) is 0. The highest BCUT2D eigenvalue weighted by atomic mass is 16.3. The summed E-state index contributed by atoms with van der Waals surface area (Å²) in [5.74, 6) is 0.331. The molecular formula is C17H14O2. The zero-order valence-electron chi connectivity index (χ0n) is 10.6. The maximum Gasteiger partial charge on any atom is 0.123 e. The van der Waals surface area contributed by atoms with Gasteiger partial charge in [-0.25, -0.2) is 0 Å². The number of phenols is 2. The molecule has 19 heavy (non-hydrogen) atoms. The summed E-state index contributed by atoms with van der Waals surface area (Å²) >= 11 is 0. The van der Waals surface area contributed by atoms with Crippen molar-refractivity contribution in [3.63, 3.8) is 0 Å².